The number of rotatable bonds is 6. The van der Waals surface area contributed by atoms with Gasteiger partial charge in [0, 0.05) is 16.9 Å². The number of methoxy groups -OCH3 is 1. The third kappa shape index (κ3) is 4.92. The minimum atomic E-state index is -0.766. The zero-order chi connectivity index (χ0) is 26.0. The van der Waals surface area contributed by atoms with Crippen LogP contribution in [-0.4, -0.2) is 30.8 Å². The van der Waals surface area contributed by atoms with Crippen molar-refractivity contribution in [3.05, 3.63) is 98.6 Å². The summed E-state index contributed by atoms with van der Waals surface area (Å²) in [7, 11) is 1.28. The van der Waals surface area contributed by atoms with Crippen LogP contribution in [0.3, 0.4) is 0 Å². The van der Waals surface area contributed by atoms with Crippen molar-refractivity contribution >= 4 is 75.6 Å². The van der Waals surface area contributed by atoms with Gasteiger partial charge in [-0.3, -0.25) is 14.4 Å². The van der Waals surface area contributed by atoms with E-state index in [1.807, 2.05) is 0 Å². The summed E-state index contributed by atoms with van der Waals surface area (Å²) in [5.41, 5.74) is 1.34. The number of nitrogens with zero attached hydrogens (tertiary/aromatic N) is 1. The van der Waals surface area contributed by atoms with Gasteiger partial charge >= 0.3 is 5.97 Å². The molecule has 11 heteroatoms. The molecule has 3 aromatic rings. The molecular weight excluding hydrogens is 529 g/mol. The van der Waals surface area contributed by atoms with Crippen molar-refractivity contribution in [3.63, 3.8) is 0 Å². The van der Waals surface area contributed by atoms with Crippen molar-refractivity contribution in [1.29, 1.82) is 0 Å². The fourth-order valence-corrected chi connectivity index (χ4v) is 3.98. The Hall–Kier alpha value is -3.85. The maximum atomic E-state index is 13.0. The van der Waals surface area contributed by atoms with E-state index in [4.69, 9.17) is 34.8 Å². The van der Waals surface area contributed by atoms with Gasteiger partial charge in [0.15, 0.2) is 0 Å². The zero-order valence-electron chi connectivity index (χ0n) is 18.5. The SMILES string of the molecule is COC(=O)c1ccc(NC(=O)c2cccc(NC3=C(Cl)C(=O)N(c4cccc(Cl)c4Cl)C3=O)c2)cc1. The molecule has 2 N–H and O–H groups in total. The fourth-order valence-electron chi connectivity index (χ4n) is 3.39. The maximum Gasteiger partial charge on any atom is 0.337 e. The van der Waals surface area contributed by atoms with Gasteiger partial charge in [-0.1, -0.05) is 46.9 Å². The van der Waals surface area contributed by atoms with Gasteiger partial charge in [-0.2, -0.15) is 0 Å². The van der Waals surface area contributed by atoms with Crippen LogP contribution in [-0.2, 0) is 14.3 Å². The highest BCUT2D eigenvalue weighted by atomic mass is 35.5. The summed E-state index contributed by atoms with van der Waals surface area (Å²) in [5, 5.41) is 5.40. The Balaban J connectivity index is 1.52. The Kier molecular flexibility index (Phi) is 7.30. The standard InChI is InChI=1S/C25H16Cl3N3O5/c1-36-25(35)13-8-10-15(11-9-13)30-22(32)14-4-2-5-16(12-14)29-21-20(28)23(33)31(24(21)34)18-7-3-6-17(26)19(18)27/h2-12,29H,1H3,(H,30,32). The molecule has 0 unspecified atom stereocenters. The van der Waals surface area contributed by atoms with Crippen molar-refractivity contribution in [2.45, 2.75) is 0 Å². The van der Waals surface area contributed by atoms with Gasteiger partial charge in [0.25, 0.3) is 17.7 Å². The Bertz CT molecular complexity index is 1440. The number of halogens is 3. The van der Waals surface area contributed by atoms with Gasteiger partial charge in [-0.25, -0.2) is 9.69 Å². The first-order valence-electron chi connectivity index (χ1n) is 10.3. The molecule has 0 saturated carbocycles. The first kappa shape index (κ1) is 25.2. The number of anilines is 3. The second kappa shape index (κ2) is 10.4. The predicted molar refractivity (Wildman–Crippen MR) is 138 cm³/mol. The molecule has 3 aromatic carbocycles. The van der Waals surface area contributed by atoms with E-state index < -0.39 is 23.7 Å². The first-order valence-corrected chi connectivity index (χ1v) is 11.4. The van der Waals surface area contributed by atoms with Gasteiger partial charge in [0.05, 0.1) is 28.4 Å². The van der Waals surface area contributed by atoms with Crippen LogP contribution in [0.15, 0.2) is 77.5 Å². The first-order chi connectivity index (χ1) is 17.2. The lowest BCUT2D eigenvalue weighted by Gasteiger charge is -2.17. The molecule has 4 rings (SSSR count). The number of imide groups is 1. The van der Waals surface area contributed by atoms with E-state index in [0.29, 0.717) is 16.9 Å². The molecule has 1 aliphatic heterocycles. The lowest BCUT2D eigenvalue weighted by Crippen LogP contribution is -2.32. The smallest absolute Gasteiger partial charge is 0.337 e. The number of amides is 3. The third-order valence-electron chi connectivity index (χ3n) is 5.16. The maximum absolute atomic E-state index is 13.0. The summed E-state index contributed by atoms with van der Waals surface area (Å²) in [5.74, 6) is -2.42. The Labute approximate surface area is 220 Å². The number of nitrogens with one attached hydrogen (secondary N) is 2. The number of esters is 1. The normalized spacial score (nSPS) is 13.2. The van der Waals surface area contributed by atoms with E-state index in [0.717, 1.165) is 4.90 Å². The van der Waals surface area contributed by atoms with Gasteiger partial charge in [0.2, 0.25) is 0 Å². The molecule has 0 spiro atoms. The Morgan fingerprint density at radius 1 is 0.833 bits per heavy atom. The molecule has 0 saturated heterocycles. The van der Waals surface area contributed by atoms with E-state index in [-0.39, 0.29) is 32.0 Å². The molecule has 0 aliphatic carbocycles. The molecule has 0 fully saturated rings. The Morgan fingerprint density at radius 2 is 1.53 bits per heavy atom. The molecule has 36 heavy (non-hydrogen) atoms. The van der Waals surface area contributed by atoms with Crippen LogP contribution in [0.25, 0.3) is 0 Å². The average molecular weight is 545 g/mol. The van der Waals surface area contributed by atoms with Crippen molar-refractivity contribution in [2.75, 3.05) is 22.6 Å². The van der Waals surface area contributed by atoms with Crippen molar-refractivity contribution < 1.29 is 23.9 Å². The lowest BCUT2D eigenvalue weighted by molar-refractivity contribution is -0.120. The van der Waals surface area contributed by atoms with E-state index in [1.165, 1.54) is 37.4 Å². The summed E-state index contributed by atoms with van der Waals surface area (Å²) < 4.78 is 4.65. The van der Waals surface area contributed by atoms with Gasteiger partial charge in [-0.15, -0.1) is 0 Å². The largest absolute Gasteiger partial charge is 0.465 e. The quantitative estimate of drug-likeness (QED) is 0.315. The van der Waals surface area contributed by atoms with Gasteiger partial charge in [0.1, 0.15) is 10.7 Å². The molecule has 0 aromatic heterocycles. The summed E-state index contributed by atoms with van der Waals surface area (Å²) >= 11 is 18.4. The topological polar surface area (TPSA) is 105 Å². The van der Waals surface area contributed by atoms with Crippen LogP contribution in [0.4, 0.5) is 17.1 Å². The van der Waals surface area contributed by atoms with Crippen LogP contribution in [0.5, 0.6) is 0 Å². The van der Waals surface area contributed by atoms with Crippen LogP contribution in [0.1, 0.15) is 20.7 Å². The molecule has 1 aliphatic rings. The number of hydrogen-bond donors (Lipinski definition) is 2. The molecular formula is C25H16Cl3N3O5. The van der Waals surface area contributed by atoms with Crippen LogP contribution < -0.4 is 15.5 Å². The number of carbonyl (C=O) groups is 4. The monoisotopic (exact) mass is 543 g/mol. The number of benzene rings is 3. The predicted octanol–water partition coefficient (Wildman–Crippen LogP) is 5.47. The summed E-state index contributed by atoms with van der Waals surface area (Å²) in [4.78, 5) is 50.9. The van der Waals surface area contributed by atoms with E-state index >= 15 is 0 Å². The molecule has 8 nitrogen and oxygen atoms in total. The summed E-state index contributed by atoms with van der Waals surface area (Å²) in [6, 6.07) is 17.0. The summed E-state index contributed by atoms with van der Waals surface area (Å²) in [6.45, 7) is 0. The van der Waals surface area contributed by atoms with Crippen LogP contribution in [0, 0.1) is 0 Å². The van der Waals surface area contributed by atoms with E-state index in [2.05, 4.69) is 15.4 Å². The zero-order valence-corrected chi connectivity index (χ0v) is 20.7. The highest BCUT2D eigenvalue weighted by molar-refractivity contribution is 6.54. The minimum absolute atomic E-state index is 0.0323. The second-order valence-corrected chi connectivity index (χ2v) is 8.60. The van der Waals surface area contributed by atoms with Crippen molar-refractivity contribution in [1.82, 2.24) is 0 Å². The van der Waals surface area contributed by atoms with Crippen LogP contribution >= 0.6 is 34.8 Å². The van der Waals surface area contributed by atoms with E-state index in [9.17, 15) is 19.2 Å². The van der Waals surface area contributed by atoms with Gasteiger partial charge < -0.3 is 15.4 Å². The highest BCUT2D eigenvalue weighted by Crippen LogP contribution is 2.37. The van der Waals surface area contributed by atoms with Gasteiger partial charge in [-0.05, 0) is 54.6 Å². The molecule has 0 atom stereocenters. The number of ether oxygens (including phenoxy) is 1. The number of hydrogen-bond acceptors (Lipinski definition) is 6. The molecule has 0 bridgehead atoms. The molecule has 182 valence electrons. The minimum Gasteiger partial charge on any atom is -0.465 e. The fraction of sp³-hybridized carbons (Fsp3) is 0.0400. The van der Waals surface area contributed by atoms with Crippen LogP contribution in [0.2, 0.25) is 10.0 Å². The average Bonchev–Trinajstić information content (AvgIpc) is 3.09. The molecule has 0 radical (unpaired) electrons. The Morgan fingerprint density at radius 3 is 2.22 bits per heavy atom. The lowest BCUT2D eigenvalue weighted by atomic mass is 10.1. The summed E-state index contributed by atoms with van der Waals surface area (Å²) in [6.07, 6.45) is 0. The van der Waals surface area contributed by atoms with Crippen molar-refractivity contribution in [2.24, 2.45) is 0 Å². The third-order valence-corrected chi connectivity index (χ3v) is 6.32. The highest BCUT2D eigenvalue weighted by Gasteiger charge is 2.40. The molecule has 3 amide bonds. The van der Waals surface area contributed by atoms with Crippen molar-refractivity contribution in [3.8, 4) is 0 Å². The molecule has 1 heterocycles. The second-order valence-electron chi connectivity index (χ2n) is 7.44. The number of carbonyl (C=O) groups excluding carboxylic acids is 4. The van der Waals surface area contributed by atoms with E-state index in [1.54, 1.807) is 36.4 Å².